The van der Waals surface area contributed by atoms with Crippen molar-refractivity contribution in [3.8, 4) is 0 Å². The molecule has 3 rings (SSSR count). The molecule has 0 fully saturated rings. The summed E-state index contributed by atoms with van der Waals surface area (Å²) in [4.78, 5) is 15.0. The van der Waals surface area contributed by atoms with Crippen LogP contribution in [0.25, 0.3) is 0 Å². The number of rotatable bonds is 18. The molecule has 0 aliphatic carbocycles. The highest BCUT2D eigenvalue weighted by molar-refractivity contribution is 7.91. The van der Waals surface area contributed by atoms with Gasteiger partial charge >= 0.3 is 0 Å². The number of aliphatic hydroxyl groups is 6. The summed E-state index contributed by atoms with van der Waals surface area (Å²) < 4.78 is 27.8. The van der Waals surface area contributed by atoms with Crippen molar-refractivity contribution >= 4 is 27.1 Å². The van der Waals surface area contributed by atoms with Crippen LogP contribution in [0.2, 0.25) is 0 Å². The predicted octanol–water partition coefficient (Wildman–Crippen LogP) is 1.75. The zero-order chi connectivity index (χ0) is 35.6. The number of carbonyl (C=O) groups excluding carboxylic acids is 1. The molecule has 0 saturated heterocycles. The van der Waals surface area contributed by atoms with Crippen LogP contribution in [0.4, 0.5) is 11.4 Å². The molecule has 13 heteroatoms. The number of benzene rings is 2. The van der Waals surface area contributed by atoms with Gasteiger partial charge in [-0.1, -0.05) is 38.8 Å². The van der Waals surface area contributed by atoms with E-state index in [0.29, 0.717) is 49.0 Å². The van der Waals surface area contributed by atoms with Crippen LogP contribution in [-0.2, 0) is 14.6 Å². The molecule has 4 unspecified atom stereocenters. The molecule has 1 aliphatic rings. The van der Waals surface area contributed by atoms with Gasteiger partial charge in [0.05, 0.1) is 29.5 Å². The van der Waals surface area contributed by atoms with Crippen molar-refractivity contribution in [1.29, 1.82) is 0 Å². The van der Waals surface area contributed by atoms with Crippen LogP contribution < -0.4 is 15.5 Å². The van der Waals surface area contributed by atoms with E-state index in [2.05, 4.69) is 17.6 Å². The fourth-order valence-corrected chi connectivity index (χ4v) is 8.76. The van der Waals surface area contributed by atoms with Crippen LogP contribution >= 0.6 is 0 Å². The molecule has 1 heterocycles. The van der Waals surface area contributed by atoms with Crippen molar-refractivity contribution in [2.24, 2.45) is 5.41 Å². The summed E-state index contributed by atoms with van der Waals surface area (Å²) in [7, 11) is 0.0475. The maximum absolute atomic E-state index is 13.9. The lowest BCUT2D eigenvalue weighted by molar-refractivity contribution is -0.116. The molecule has 48 heavy (non-hydrogen) atoms. The molecule has 12 nitrogen and oxygen atoms in total. The second-order valence-electron chi connectivity index (χ2n) is 13.3. The molecule has 8 N–H and O–H groups in total. The molecule has 270 valence electrons. The van der Waals surface area contributed by atoms with Crippen molar-refractivity contribution in [1.82, 2.24) is 5.32 Å². The minimum absolute atomic E-state index is 0.0550. The van der Waals surface area contributed by atoms with Gasteiger partial charge in [0.25, 0.3) is 0 Å². The monoisotopic (exact) mass is 693 g/mol. The molecule has 1 aliphatic heterocycles. The Bertz CT molecular complexity index is 1440. The van der Waals surface area contributed by atoms with Gasteiger partial charge in [-0.05, 0) is 73.7 Å². The van der Waals surface area contributed by atoms with Gasteiger partial charge in [-0.2, -0.15) is 0 Å². The number of nitrogens with one attached hydrogen (secondary N) is 2. The molecule has 7 atom stereocenters. The van der Waals surface area contributed by atoms with Gasteiger partial charge in [0.15, 0.2) is 9.84 Å². The number of fused-ring (bicyclic) bond motifs is 1. The number of hydrogen-bond acceptors (Lipinski definition) is 11. The van der Waals surface area contributed by atoms with Crippen molar-refractivity contribution in [2.45, 2.75) is 100 Å². The van der Waals surface area contributed by atoms with Gasteiger partial charge in [0, 0.05) is 49.8 Å². The highest BCUT2D eigenvalue weighted by Crippen LogP contribution is 2.49. The normalized spacial score (nSPS) is 23.0. The van der Waals surface area contributed by atoms with Crippen molar-refractivity contribution < 1.29 is 43.9 Å². The fourth-order valence-electron chi connectivity index (χ4n) is 6.51. The van der Waals surface area contributed by atoms with E-state index >= 15 is 0 Å². The Hall–Kier alpha value is -2.62. The van der Waals surface area contributed by atoms with Crippen molar-refractivity contribution in [3.63, 3.8) is 0 Å². The van der Waals surface area contributed by atoms with E-state index in [1.165, 1.54) is 0 Å². The minimum atomic E-state index is -3.72. The van der Waals surface area contributed by atoms with E-state index in [1.807, 2.05) is 44.1 Å². The summed E-state index contributed by atoms with van der Waals surface area (Å²) in [5.74, 6) is -0.991. The summed E-state index contributed by atoms with van der Waals surface area (Å²) in [6.07, 6.45) is -3.17. The number of anilines is 2. The zero-order valence-electron chi connectivity index (χ0n) is 28.5. The molecule has 2 aromatic rings. The van der Waals surface area contributed by atoms with Crippen LogP contribution in [0.1, 0.15) is 75.8 Å². The Balaban J connectivity index is 1.74. The largest absolute Gasteiger partial charge is 0.394 e. The molecule has 0 saturated carbocycles. The molecule has 2 aromatic carbocycles. The SMILES string of the molecule is CCCC[C@]1(CC)CS(=O)(=O)c2ccc(N(C)C)cc2[C@@H](c2cccc(NC(=O)CCCCNCC(O)C(O)C(O)C(O)CO)c2)[C@H]1O. The van der Waals surface area contributed by atoms with E-state index in [9.17, 15) is 38.7 Å². The lowest BCUT2D eigenvalue weighted by atomic mass is 9.69. The molecule has 0 radical (unpaired) electrons. The summed E-state index contributed by atoms with van der Waals surface area (Å²) in [5, 5.41) is 66.0. The third kappa shape index (κ3) is 9.75. The Morgan fingerprint density at radius 3 is 2.35 bits per heavy atom. The average molecular weight is 694 g/mol. The van der Waals surface area contributed by atoms with Gasteiger partial charge in [0.1, 0.15) is 18.3 Å². The van der Waals surface area contributed by atoms with Crippen LogP contribution in [0, 0.1) is 5.41 Å². The lowest BCUT2D eigenvalue weighted by Gasteiger charge is -2.39. The minimum Gasteiger partial charge on any atom is -0.394 e. The number of amides is 1. The van der Waals surface area contributed by atoms with E-state index in [-0.39, 0.29) is 29.5 Å². The number of sulfone groups is 1. The first-order valence-electron chi connectivity index (χ1n) is 16.9. The molecule has 0 spiro atoms. The Kier molecular flexibility index (Phi) is 14.8. The van der Waals surface area contributed by atoms with Gasteiger partial charge in [-0.15, -0.1) is 0 Å². The molecular formula is C35H55N3O9S. The van der Waals surface area contributed by atoms with Gasteiger partial charge in [0.2, 0.25) is 5.91 Å². The zero-order valence-corrected chi connectivity index (χ0v) is 29.4. The fraction of sp³-hybridized carbons (Fsp3) is 0.629. The number of carbonyl (C=O) groups is 1. The average Bonchev–Trinajstić information content (AvgIpc) is 3.13. The maximum atomic E-state index is 13.9. The lowest BCUT2D eigenvalue weighted by Crippen LogP contribution is -2.49. The predicted molar refractivity (Wildman–Crippen MR) is 186 cm³/mol. The molecule has 1 amide bonds. The third-order valence-corrected chi connectivity index (χ3v) is 11.5. The Morgan fingerprint density at radius 1 is 1.00 bits per heavy atom. The number of hydrogen-bond donors (Lipinski definition) is 8. The first kappa shape index (κ1) is 39.8. The van der Waals surface area contributed by atoms with E-state index < -0.39 is 58.3 Å². The first-order chi connectivity index (χ1) is 22.7. The van der Waals surface area contributed by atoms with Gasteiger partial charge in [-0.25, -0.2) is 8.42 Å². The van der Waals surface area contributed by atoms with E-state index in [0.717, 1.165) is 18.5 Å². The van der Waals surface area contributed by atoms with Gasteiger partial charge < -0.3 is 46.2 Å². The summed E-state index contributed by atoms with van der Waals surface area (Å²) >= 11 is 0. The summed E-state index contributed by atoms with van der Waals surface area (Å²) in [6.45, 7) is 3.62. The number of unbranched alkanes of at least 4 members (excludes halogenated alkanes) is 2. The van der Waals surface area contributed by atoms with Crippen LogP contribution in [0.5, 0.6) is 0 Å². The van der Waals surface area contributed by atoms with Crippen molar-refractivity contribution in [2.75, 3.05) is 49.8 Å². The molecular weight excluding hydrogens is 638 g/mol. The standard InChI is InChI=1S/C35H55N3O9S/c1-5-7-16-35(6-2)22-48(46,47)29-15-14-25(38(3)4)19-26(29)31(34(35)45)23-11-10-12-24(18-23)37-30(42)13-8-9-17-36-20-27(40)32(43)33(44)28(41)21-39/h10-12,14-15,18-19,27-28,31-34,36,39-41,43-45H,5-9,13,16-17,20-22H2,1-4H3,(H,37,42)/t27?,28?,31-,32?,33?,34-,35-/m1/s1. The second-order valence-corrected chi connectivity index (χ2v) is 15.2. The van der Waals surface area contributed by atoms with Crippen molar-refractivity contribution in [3.05, 3.63) is 53.6 Å². The van der Waals surface area contributed by atoms with Crippen LogP contribution in [0.3, 0.4) is 0 Å². The smallest absolute Gasteiger partial charge is 0.224 e. The van der Waals surface area contributed by atoms with Crippen LogP contribution in [-0.4, -0.2) is 115 Å². The third-order valence-electron chi connectivity index (χ3n) is 9.55. The second kappa shape index (κ2) is 17.9. The maximum Gasteiger partial charge on any atom is 0.224 e. The highest BCUT2D eigenvalue weighted by Gasteiger charge is 2.49. The topological polar surface area (TPSA) is 200 Å². The Labute approximate surface area is 284 Å². The summed E-state index contributed by atoms with van der Waals surface area (Å²) in [5.41, 5.74) is 1.77. The molecule has 0 bridgehead atoms. The first-order valence-corrected chi connectivity index (χ1v) is 18.5. The Morgan fingerprint density at radius 2 is 1.71 bits per heavy atom. The number of nitrogens with zero attached hydrogens (tertiary/aromatic N) is 1. The quantitative estimate of drug-likeness (QED) is 0.106. The van der Waals surface area contributed by atoms with Crippen LogP contribution in [0.15, 0.2) is 47.4 Å². The highest BCUT2D eigenvalue weighted by atomic mass is 32.2. The summed E-state index contributed by atoms with van der Waals surface area (Å²) in [6, 6.07) is 12.5. The van der Waals surface area contributed by atoms with E-state index in [1.54, 1.807) is 24.3 Å². The molecule has 0 aromatic heterocycles. The van der Waals surface area contributed by atoms with Gasteiger partial charge in [-0.3, -0.25) is 4.79 Å². The van der Waals surface area contributed by atoms with E-state index in [4.69, 9.17) is 5.11 Å². The number of aliphatic hydroxyl groups excluding tert-OH is 6.